The summed E-state index contributed by atoms with van der Waals surface area (Å²) < 4.78 is 12.7. The fraction of sp³-hybridized carbons (Fsp3) is 0.333. The monoisotopic (exact) mass is 416 g/mol. The number of thioether (sulfide) groups is 1. The number of carbonyl (C=O) groups is 1. The lowest BCUT2D eigenvalue weighted by molar-refractivity contribution is -0.120. The van der Waals surface area contributed by atoms with Gasteiger partial charge in [-0.15, -0.1) is 11.3 Å². The summed E-state index contributed by atoms with van der Waals surface area (Å²) in [7, 11) is 3.24. The molecule has 0 radical (unpaired) electrons. The number of hydrogen-bond donors (Lipinski definition) is 1. The van der Waals surface area contributed by atoms with Gasteiger partial charge in [0.25, 0.3) is 0 Å². The lowest BCUT2D eigenvalue weighted by atomic mass is 10.1. The normalized spacial score (nSPS) is 12.0. The van der Waals surface area contributed by atoms with E-state index in [2.05, 4.69) is 16.4 Å². The van der Waals surface area contributed by atoms with E-state index in [1.165, 1.54) is 11.8 Å². The number of ether oxygens (including phenoxy) is 2. The number of aromatic nitrogens is 1. The Hall–Kier alpha value is -2.25. The van der Waals surface area contributed by atoms with E-state index in [0.29, 0.717) is 18.0 Å². The van der Waals surface area contributed by atoms with Crippen molar-refractivity contribution in [3.63, 3.8) is 0 Å². The fourth-order valence-corrected chi connectivity index (χ4v) is 5.08. The first-order valence-electron chi connectivity index (χ1n) is 9.15. The molecule has 28 heavy (non-hydrogen) atoms. The molecule has 1 heterocycles. The van der Waals surface area contributed by atoms with Gasteiger partial charge in [0.2, 0.25) is 5.91 Å². The van der Waals surface area contributed by atoms with E-state index in [0.717, 1.165) is 33.0 Å². The van der Waals surface area contributed by atoms with Crippen LogP contribution in [0.4, 0.5) is 0 Å². The molecule has 1 aromatic heterocycles. The first kappa shape index (κ1) is 20.5. The number of thiazole rings is 1. The van der Waals surface area contributed by atoms with Gasteiger partial charge in [-0.2, -0.15) is 0 Å². The second kappa shape index (κ2) is 9.80. The van der Waals surface area contributed by atoms with Crippen LogP contribution < -0.4 is 14.8 Å². The second-order valence-corrected chi connectivity index (χ2v) is 8.67. The van der Waals surface area contributed by atoms with Crippen LogP contribution in [-0.2, 0) is 11.2 Å². The van der Waals surface area contributed by atoms with E-state index in [4.69, 9.17) is 9.47 Å². The molecule has 1 N–H and O–H groups in total. The van der Waals surface area contributed by atoms with Crippen LogP contribution in [0.3, 0.4) is 0 Å². The molecular weight excluding hydrogens is 392 g/mol. The van der Waals surface area contributed by atoms with Crippen LogP contribution in [0.15, 0.2) is 46.8 Å². The van der Waals surface area contributed by atoms with Crippen molar-refractivity contribution in [1.82, 2.24) is 10.3 Å². The molecule has 0 fully saturated rings. The van der Waals surface area contributed by atoms with Crippen LogP contribution in [-0.4, -0.2) is 36.9 Å². The molecule has 1 unspecified atom stereocenters. The average Bonchev–Trinajstić information content (AvgIpc) is 3.14. The maximum atomic E-state index is 12.6. The molecule has 0 saturated carbocycles. The summed E-state index contributed by atoms with van der Waals surface area (Å²) in [4.78, 5) is 17.2. The number of methoxy groups -OCH3 is 2. The van der Waals surface area contributed by atoms with Crippen LogP contribution >= 0.6 is 23.1 Å². The lowest BCUT2D eigenvalue weighted by Crippen LogP contribution is -2.33. The Morgan fingerprint density at radius 2 is 1.96 bits per heavy atom. The molecule has 1 amide bonds. The standard InChI is InChI=1S/C21H24N2O3S2/c1-4-18(27-21-23-15-7-5-6-8-19(15)28-21)20(24)22-12-11-14-9-10-16(25-2)17(13-14)26-3/h5-10,13,18H,4,11-12H2,1-3H3,(H,22,24). The molecule has 0 saturated heterocycles. The number of amides is 1. The summed E-state index contributed by atoms with van der Waals surface area (Å²) in [6, 6.07) is 13.9. The number of rotatable bonds is 9. The van der Waals surface area contributed by atoms with Gasteiger partial charge < -0.3 is 14.8 Å². The third-order valence-electron chi connectivity index (χ3n) is 4.34. The molecule has 0 bridgehead atoms. The Balaban J connectivity index is 1.55. The number of para-hydroxylation sites is 1. The van der Waals surface area contributed by atoms with Crippen molar-refractivity contribution in [3.8, 4) is 11.5 Å². The van der Waals surface area contributed by atoms with Crippen molar-refractivity contribution in [2.75, 3.05) is 20.8 Å². The maximum absolute atomic E-state index is 12.6. The largest absolute Gasteiger partial charge is 0.493 e. The zero-order valence-electron chi connectivity index (χ0n) is 16.2. The Morgan fingerprint density at radius 3 is 2.68 bits per heavy atom. The third kappa shape index (κ3) is 4.97. The Morgan fingerprint density at radius 1 is 1.18 bits per heavy atom. The molecular formula is C21H24N2O3S2. The SMILES string of the molecule is CCC(Sc1nc2ccccc2s1)C(=O)NCCc1ccc(OC)c(OC)c1. The van der Waals surface area contributed by atoms with E-state index < -0.39 is 0 Å². The van der Waals surface area contributed by atoms with Gasteiger partial charge in [-0.3, -0.25) is 4.79 Å². The third-order valence-corrected chi connectivity index (χ3v) is 6.84. The lowest BCUT2D eigenvalue weighted by Gasteiger charge is -2.14. The fourth-order valence-electron chi connectivity index (χ4n) is 2.83. The molecule has 3 aromatic rings. The Kier molecular flexibility index (Phi) is 7.17. The van der Waals surface area contributed by atoms with Gasteiger partial charge in [0.15, 0.2) is 15.8 Å². The highest BCUT2D eigenvalue weighted by Crippen LogP contribution is 2.33. The molecule has 0 aliphatic heterocycles. The van der Waals surface area contributed by atoms with Gasteiger partial charge in [0.05, 0.1) is 29.7 Å². The van der Waals surface area contributed by atoms with Crippen molar-refractivity contribution >= 4 is 39.2 Å². The predicted molar refractivity (Wildman–Crippen MR) is 116 cm³/mol. The molecule has 2 aromatic carbocycles. The molecule has 7 heteroatoms. The van der Waals surface area contributed by atoms with Gasteiger partial charge in [-0.05, 0) is 42.7 Å². The molecule has 0 aliphatic carbocycles. The van der Waals surface area contributed by atoms with E-state index in [1.54, 1.807) is 25.6 Å². The Labute approximate surface area is 173 Å². The summed E-state index contributed by atoms with van der Waals surface area (Å²) in [5.41, 5.74) is 2.07. The first-order chi connectivity index (χ1) is 13.6. The zero-order chi connectivity index (χ0) is 19.9. The summed E-state index contributed by atoms with van der Waals surface area (Å²) in [5, 5.41) is 2.90. The highest BCUT2D eigenvalue weighted by molar-refractivity contribution is 8.02. The minimum atomic E-state index is -0.147. The molecule has 148 valence electrons. The van der Waals surface area contributed by atoms with Crippen LogP contribution in [0.2, 0.25) is 0 Å². The van der Waals surface area contributed by atoms with Crippen LogP contribution in [0.1, 0.15) is 18.9 Å². The van der Waals surface area contributed by atoms with E-state index in [1.807, 2.05) is 43.3 Å². The summed E-state index contributed by atoms with van der Waals surface area (Å²) in [5.74, 6) is 1.45. The van der Waals surface area contributed by atoms with Crippen molar-refractivity contribution in [2.45, 2.75) is 29.4 Å². The van der Waals surface area contributed by atoms with Crippen molar-refractivity contribution in [1.29, 1.82) is 0 Å². The van der Waals surface area contributed by atoms with Crippen LogP contribution in [0, 0.1) is 0 Å². The summed E-state index contributed by atoms with van der Waals surface area (Å²) in [6.07, 6.45) is 1.48. The quantitative estimate of drug-likeness (QED) is 0.519. The van der Waals surface area contributed by atoms with Gasteiger partial charge >= 0.3 is 0 Å². The minimum absolute atomic E-state index is 0.0484. The van der Waals surface area contributed by atoms with Gasteiger partial charge in [-0.1, -0.05) is 36.9 Å². The van der Waals surface area contributed by atoms with Gasteiger partial charge in [0, 0.05) is 6.54 Å². The summed E-state index contributed by atoms with van der Waals surface area (Å²) >= 11 is 3.17. The topological polar surface area (TPSA) is 60.5 Å². The number of nitrogens with zero attached hydrogens (tertiary/aromatic N) is 1. The molecule has 0 aliphatic rings. The number of benzene rings is 2. The first-order valence-corrected chi connectivity index (χ1v) is 10.8. The number of fused-ring (bicyclic) bond motifs is 1. The van der Waals surface area contributed by atoms with Crippen molar-refractivity contribution in [3.05, 3.63) is 48.0 Å². The van der Waals surface area contributed by atoms with Gasteiger partial charge in [-0.25, -0.2) is 4.98 Å². The maximum Gasteiger partial charge on any atom is 0.233 e. The van der Waals surface area contributed by atoms with Crippen LogP contribution in [0.5, 0.6) is 11.5 Å². The second-order valence-electron chi connectivity index (χ2n) is 6.19. The average molecular weight is 417 g/mol. The molecule has 5 nitrogen and oxygen atoms in total. The molecule has 3 rings (SSSR count). The van der Waals surface area contributed by atoms with E-state index in [-0.39, 0.29) is 11.2 Å². The smallest absolute Gasteiger partial charge is 0.233 e. The minimum Gasteiger partial charge on any atom is -0.493 e. The van der Waals surface area contributed by atoms with Crippen LogP contribution in [0.25, 0.3) is 10.2 Å². The van der Waals surface area contributed by atoms with E-state index >= 15 is 0 Å². The van der Waals surface area contributed by atoms with Gasteiger partial charge in [0.1, 0.15) is 0 Å². The molecule has 0 spiro atoms. The Bertz CT molecular complexity index is 909. The number of hydrogen-bond acceptors (Lipinski definition) is 6. The van der Waals surface area contributed by atoms with E-state index in [9.17, 15) is 4.79 Å². The highest BCUT2D eigenvalue weighted by Gasteiger charge is 2.19. The highest BCUT2D eigenvalue weighted by atomic mass is 32.2. The van der Waals surface area contributed by atoms with Crippen molar-refractivity contribution in [2.24, 2.45) is 0 Å². The molecule has 1 atom stereocenters. The number of nitrogens with one attached hydrogen (secondary N) is 1. The predicted octanol–water partition coefficient (Wildman–Crippen LogP) is 4.54. The zero-order valence-corrected chi connectivity index (χ0v) is 17.9. The summed E-state index contributed by atoms with van der Waals surface area (Å²) in [6.45, 7) is 2.60. The number of carbonyl (C=O) groups excluding carboxylic acids is 1. The van der Waals surface area contributed by atoms with Crippen molar-refractivity contribution < 1.29 is 14.3 Å².